The zero-order valence-corrected chi connectivity index (χ0v) is 15.3. The van der Waals surface area contributed by atoms with Gasteiger partial charge in [-0.2, -0.15) is 0 Å². The predicted molar refractivity (Wildman–Crippen MR) is 103 cm³/mol. The molecule has 0 saturated heterocycles. The van der Waals surface area contributed by atoms with Gasteiger partial charge in [0.1, 0.15) is 11.6 Å². The van der Waals surface area contributed by atoms with E-state index in [0.29, 0.717) is 12.1 Å². The molecule has 0 aliphatic rings. The highest BCUT2D eigenvalue weighted by molar-refractivity contribution is 5.77. The summed E-state index contributed by atoms with van der Waals surface area (Å²) < 4.78 is 4.67. The minimum absolute atomic E-state index is 0.360. The van der Waals surface area contributed by atoms with Gasteiger partial charge in [-0.3, -0.25) is 0 Å². The van der Waals surface area contributed by atoms with Crippen LogP contribution in [-0.4, -0.2) is 19.1 Å². The maximum absolute atomic E-state index is 4.91. The maximum atomic E-state index is 4.91. The van der Waals surface area contributed by atoms with Crippen molar-refractivity contribution in [1.82, 2.24) is 19.1 Å². The Labute approximate surface area is 148 Å². The van der Waals surface area contributed by atoms with Gasteiger partial charge in [0, 0.05) is 12.1 Å². The molecule has 2 aromatic carbocycles. The molecule has 4 rings (SSSR count). The van der Waals surface area contributed by atoms with Crippen molar-refractivity contribution in [2.75, 3.05) is 0 Å². The summed E-state index contributed by atoms with van der Waals surface area (Å²) in [6, 6.07) is 17.5. The molecule has 0 fully saturated rings. The molecule has 0 aliphatic carbocycles. The third kappa shape index (κ3) is 2.62. The smallest absolute Gasteiger partial charge is 0.117 e. The van der Waals surface area contributed by atoms with Crippen LogP contribution in [0.15, 0.2) is 48.5 Å². The molecule has 0 radical (unpaired) electrons. The number of rotatable bonds is 4. The zero-order valence-electron chi connectivity index (χ0n) is 15.3. The fourth-order valence-corrected chi connectivity index (χ4v) is 3.73. The molecule has 0 N–H and O–H groups in total. The van der Waals surface area contributed by atoms with Crippen molar-refractivity contribution >= 4 is 22.1 Å². The Morgan fingerprint density at radius 1 is 0.680 bits per heavy atom. The van der Waals surface area contributed by atoms with Crippen LogP contribution in [0.2, 0.25) is 0 Å². The number of hydrogen-bond donors (Lipinski definition) is 0. The van der Waals surface area contributed by atoms with Crippen molar-refractivity contribution in [1.29, 1.82) is 0 Å². The summed E-state index contributed by atoms with van der Waals surface area (Å²) in [5.41, 5.74) is 4.50. The van der Waals surface area contributed by atoms with Crippen LogP contribution < -0.4 is 0 Å². The summed E-state index contributed by atoms with van der Waals surface area (Å²) in [6.45, 7) is 8.85. The molecule has 0 bridgehead atoms. The van der Waals surface area contributed by atoms with Crippen LogP contribution in [0.5, 0.6) is 0 Å². The second-order valence-electron chi connectivity index (χ2n) is 7.14. The second kappa shape index (κ2) is 6.03. The molecule has 0 atom stereocenters. The summed E-state index contributed by atoms with van der Waals surface area (Å²) >= 11 is 0. The number of hydrogen-bond acceptors (Lipinski definition) is 2. The highest BCUT2D eigenvalue weighted by atomic mass is 15.1. The molecule has 2 aromatic heterocycles. The number of nitrogens with zero attached hydrogens (tertiary/aromatic N) is 4. The molecule has 4 nitrogen and oxygen atoms in total. The minimum Gasteiger partial charge on any atom is -0.325 e. The van der Waals surface area contributed by atoms with Gasteiger partial charge in [-0.25, -0.2) is 9.97 Å². The van der Waals surface area contributed by atoms with Gasteiger partial charge in [0.25, 0.3) is 0 Å². The number of imidazole rings is 2. The highest BCUT2D eigenvalue weighted by Crippen LogP contribution is 2.26. The standard InChI is InChI=1S/C21H24N4/c1-14(2)24-18-11-7-5-9-16(18)22-20(24)13-21-23-17-10-6-8-12-19(17)25(21)15(3)4/h5-12,14-15H,13H2,1-4H3. The van der Waals surface area contributed by atoms with Gasteiger partial charge in [-0.1, -0.05) is 24.3 Å². The van der Waals surface area contributed by atoms with Crippen molar-refractivity contribution in [3.63, 3.8) is 0 Å². The zero-order chi connectivity index (χ0) is 17.6. The van der Waals surface area contributed by atoms with Crippen molar-refractivity contribution in [3.8, 4) is 0 Å². The highest BCUT2D eigenvalue weighted by Gasteiger charge is 2.18. The molecule has 25 heavy (non-hydrogen) atoms. The largest absolute Gasteiger partial charge is 0.325 e. The van der Waals surface area contributed by atoms with Gasteiger partial charge in [0.2, 0.25) is 0 Å². The lowest BCUT2D eigenvalue weighted by Gasteiger charge is -2.15. The fraction of sp³-hybridized carbons (Fsp3) is 0.333. The first kappa shape index (κ1) is 15.9. The predicted octanol–water partition coefficient (Wildman–Crippen LogP) is 5.14. The maximum Gasteiger partial charge on any atom is 0.117 e. The van der Waals surface area contributed by atoms with Gasteiger partial charge in [0.05, 0.1) is 28.5 Å². The van der Waals surface area contributed by atoms with E-state index in [1.54, 1.807) is 0 Å². The van der Waals surface area contributed by atoms with Crippen LogP contribution in [0.25, 0.3) is 22.1 Å². The van der Waals surface area contributed by atoms with Crippen molar-refractivity contribution in [3.05, 3.63) is 60.2 Å². The van der Waals surface area contributed by atoms with Crippen molar-refractivity contribution in [2.24, 2.45) is 0 Å². The molecule has 4 aromatic rings. The van der Waals surface area contributed by atoms with E-state index >= 15 is 0 Å². The Balaban J connectivity index is 1.88. The monoisotopic (exact) mass is 332 g/mol. The van der Waals surface area contributed by atoms with Crippen LogP contribution in [0.1, 0.15) is 51.4 Å². The number of aromatic nitrogens is 4. The molecular weight excluding hydrogens is 308 g/mol. The summed E-state index contributed by atoms with van der Waals surface area (Å²) in [5.74, 6) is 2.15. The first-order chi connectivity index (χ1) is 12.1. The first-order valence-electron chi connectivity index (χ1n) is 8.98. The van der Waals surface area contributed by atoms with Gasteiger partial charge in [-0.15, -0.1) is 0 Å². The molecule has 0 spiro atoms. The van der Waals surface area contributed by atoms with E-state index in [9.17, 15) is 0 Å². The normalized spacial score (nSPS) is 12.1. The SMILES string of the molecule is CC(C)n1c(Cc2nc3ccccc3n2C(C)C)nc2ccccc21. The molecule has 2 heterocycles. The summed E-state index contributed by atoms with van der Waals surface area (Å²) in [4.78, 5) is 9.82. The van der Waals surface area contributed by atoms with Crippen LogP contribution in [0.3, 0.4) is 0 Å². The first-order valence-corrected chi connectivity index (χ1v) is 8.98. The van der Waals surface area contributed by atoms with Gasteiger partial charge in [-0.05, 0) is 52.0 Å². The Bertz CT molecular complexity index is 953. The van der Waals surface area contributed by atoms with E-state index < -0.39 is 0 Å². The van der Waals surface area contributed by atoms with Crippen LogP contribution in [0, 0.1) is 0 Å². The summed E-state index contributed by atoms with van der Waals surface area (Å²) in [7, 11) is 0. The van der Waals surface area contributed by atoms with Gasteiger partial charge in [0.15, 0.2) is 0 Å². The van der Waals surface area contributed by atoms with Crippen LogP contribution in [-0.2, 0) is 6.42 Å². The van der Waals surface area contributed by atoms with E-state index in [1.165, 1.54) is 11.0 Å². The quantitative estimate of drug-likeness (QED) is 0.519. The topological polar surface area (TPSA) is 35.6 Å². The molecule has 0 aliphatic heterocycles. The molecule has 0 saturated carbocycles. The van der Waals surface area contributed by atoms with E-state index in [2.05, 4.69) is 73.2 Å². The van der Waals surface area contributed by atoms with E-state index in [-0.39, 0.29) is 0 Å². The number of fused-ring (bicyclic) bond motifs is 2. The molecule has 0 unspecified atom stereocenters. The molecular formula is C21H24N4. The average Bonchev–Trinajstić information content (AvgIpc) is 3.12. The molecule has 0 amide bonds. The van der Waals surface area contributed by atoms with Crippen LogP contribution >= 0.6 is 0 Å². The lowest BCUT2D eigenvalue weighted by atomic mass is 10.2. The fourth-order valence-electron chi connectivity index (χ4n) is 3.73. The summed E-state index contributed by atoms with van der Waals surface area (Å²) in [6.07, 6.45) is 0.736. The summed E-state index contributed by atoms with van der Waals surface area (Å²) in [5, 5.41) is 0. The number of benzene rings is 2. The lowest BCUT2D eigenvalue weighted by molar-refractivity contribution is 0.562. The van der Waals surface area contributed by atoms with Gasteiger partial charge >= 0.3 is 0 Å². The molecule has 4 heteroatoms. The van der Waals surface area contributed by atoms with E-state index in [1.807, 2.05) is 12.1 Å². The lowest BCUT2D eigenvalue weighted by Crippen LogP contribution is -2.12. The Morgan fingerprint density at radius 2 is 1.08 bits per heavy atom. The Hall–Kier alpha value is -2.62. The number of para-hydroxylation sites is 4. The average molecular weight is 332 g/mol. The van der Waals surface area contributed by atoms with Crippen LogP contribution in [0.4, 0.5) is 0 Å². The van der Waals surface area contributed by atoms with Crippen molar-refractivity contribution in [2.45, 2.75) is 46.2 Å². The Morgan fingerprint density at radius 3 is 1.48 bits per heavy atom. The third-order valence-electron chi connectivity index (χ3n) is 4.69. The minimum atomic E-state index is 0.360. The Kier molecular flexibility index (Phi) is 3.83. The molecule has 128 valence electrons. The second-order valence-corrected chi connectivity index (χ2v) is 7.14. The van der Waals surface area contributed by atoms with E-state index in [0.717, 1.165) is 29.1 Å². The van der Waals surface area contributed by atoms with E-state index in [4.69, 9.17) is 9.97 Å². The third-order valence-corrected chi connectivity index (χ3v) is 4.69. The van der Waals surface area contributed by atoms with Gasteiger partial charge < -0.3 is 9.13 Å². The van der Waals surface area contributed by atoms with Crippen molar-refractivity contribution < 1.29 is 0 Å².